The van der Waals surface area contributed by atoms with Gasteiger partial charge in [0.25, 0.3) is 0 Å². The van der Waals surface area contributed by atoms with E-state index in [1.165, 1.54) is 109 Å². The normalized spacial score (nSPS) is 14.8. The van der Waals surface area contributed by atoms with Crippen molar-refractivity contribution in [3.63, 3.8) is 0 Å². The largest absolute Gasteiger partial charge is 0.314 e. The number of nitrogens with one attached hydrogen (secondary N) is 1. The van der Waals surface area contributed by atoms with Gasteiger partial charge in [-0.3, -0.25) is 0 Å². The van der Waals surface area contributed by atoms with Gasteiger partial charge in [0.15, 0.2) is 0 Å². The zero-order valence-electron chi connectivity index (χ0n) is 14.1. The van der Waals surface area contributed by atoms with E-state index in [0.29, 0.717) is 0 Å². The van der Waals surface area contributed by atoms with Crippen LogP contribution in [0.5, 0.6) is 0 Å². The molecule has 0 unspecified atom stereocenters. The molecule has 0 radical (unpaired) electrons. The van der Waals surface area contributed by atoms with Crippen LogP contribution >= 0.6 is 0 Å². The second-order valence-electron chi connectivity index (χ2n) is 6.82. The average Bonchev–Trinajstić information content (AvgIpc) is 3.27. The molecular weight excluding hydrogens is 242 g/mol. The summed E-state index contributed by atoms with van der Waals surface area (Å²) in [7, 11) is 0. The molecule has 0 aromatic rings. The highest BCUT2D eigenvalue weighted by Gasteiger charge is 2.19. The van der Waals surface area contributed by atoms with Crippen LogP contribution < -0.4 is 5.32 Å². The Balaban J connectivity index is 1.60. The molecule has 1 N–H and O–H groups in total. The first-order chi connectivity index (χ1) is 9.93. The monoisotopic (exact) mass is 281 g/mol. The van der Waals surface area contributed by atoms with Crippen LogP contribution in [0.4, 0.5) is 0 Å². The highest BCUT2D eigenvalue weighted by atomic mass is 14.9. The minimum absolute atomic E-state index is 0.900. The van der Waals surface area contributed by atoms with Crippen LogP contribution in [0.15, 0.2) is 0 Å². The van der Waals surface area contributed by atoms with Gasteiger partial charge < -0.3 is 5.32 Å². The van der Waals surface area contributed by atoms with Crippen molar-refractivity contribution in [1.82, 2.24) is 5.32 Å². The van der Waals surface area contributed by atoms with Crippen molar-refractivity contribution >= 4 is 0 Å². The molecule has 1 nitrogen and oxygen atoms in total. The number of rotatable bonds is 16. The molecule has 1 saturated carbocycles. The van der Waals surface area contributed by atoms with E-state index in [4.69, 9.17) is 0 Å². The first-order valence-corrected chi connectivity index (χ1v) is 9.67. The molecule has 120 valence electrons. The summed E-state index contributed by atoms with van der Waals surface area (Å²) in [4.78, 5) is 0. The summed E-state index contributed by atoms with van der Waals surface area (Å²) in [5.74, 6) is 0. The Labute approximate surface area is 128 Å². The molecule has 1 heteroatoms. The summed E-state index contributed by atoms with van der Waals surface area (Å²) >= 11 is 0. The van der Waals surface area contributed by atoms with Crippen LogP contribution in [-0.4, -0.2) is 12.6 Å². The van der Waals surface area contributed by atoms with Crippen molar-refractivity contribution < 1.29 is 0 Å². The lowest BCUT2D eigenvalue weighted by Crippen LogP contribution is -2.17. The minimum Gasteiger partial charge on any atom is -0.314 e. The summed E-state index contributed by atoms with van der Waals surface area (Å²) in [6, 6.07) is 0.900. The smallest absolute Gasteiger partial charge is 0.00682 e. The van der Waals surface area contributed by atoms with Crippen LogP contribution in [0.2, 0.25) is 0 Å². The summed E-state index contributed by atoms with van der Waals surface area (Å²) in [6.45, 7) is 3.56. The van der Waals surface area contributed by atoms with E-state index in [9.17, 15) is 0 Å². The van der Waals surface area contributed by atoms with Crippen molar-refractivity contribution in [3.05, 3.63) is 0 Å². The van der Waals surface area contributed by atoms with E-state index in [1.807, 2.05) is 0 Å². The number of unbranched alkanes of at least 4 members (excludes halogenated alkanes) is 13. The molecule has 1 aliphatic rings. The van der Waals surface area contributed by atoms with Crippen LogP contribution in [0.3, 0.4) is 0 Å². The van der Waals surface area contributed by atoms with Crippen molar-refractivity contribution in [2.75, 3.05) is 6.54 Å². The van der Waals surface area contributed by atoms with Gasteiger partial charge >= 0.3 is 0 Å². The average molecular weight is 282 g/mol. The quantitative estimate of drug-likeness (QED) is 0.331. The maximum atomic E-state index is 3.60. The Hall–Kier alpha value is -0.0400. The molecule has 0 spiro atoms. The third kappa shape index (κ3) is 13.0. The molecule has 0 aromatic heterocycles. The molecule has 1 aliphatic carbocycles. The first-order valence-electron chi connectivity index (χ1n) is 9.67. The predicted molar refractivity (Wildman–Crippen MR) is 91.3 cm³/mol. The van der Waals surface area contributed by atoms with Crippen molar-refractivity contribution in [3.8, 4) is 0 Å². The fourth-order valence-electron chi connectivity index (χ4n) is 2.91. The van der Waals surface area contributed by atoms with Crippen LogP contribution in [0.1, 0.15) is 110 Å². The topological polar surface area (TPSA) is 12.0 Å². The number of hydrogen-bond acceptors (Lipinski definition) is 1. The first kappa shape index (κ1) is 18.0. The minimum atomic E-state index is 0.900. The maximum Gasteiger partial charge on any atom is 0.00682 e. The van der Waals surface area contributed by atoms with Crippen molar-refractivity contribution in [2.45, 2.75) is 116 Å². The Morgan fingerprint density at radius 2 is 1.00 bits per heavy atom. The van der Waals surface area contributed by atoms with Gasteiger partial charge in [-0.15, -0.1) is 0 Å². The Morgan fingerprint density at radius 1 is 0.600 bits per heavy atom. The highest BCUT2D eigenvalue weighted by molar-refractivity contribution is 4.80. The van der Waals surface area contributed by atoms with Gasteiger partial charge in [0, 0.05) is 6.04 Å². The third-order valence-electron chi connectivity index (χ3n) is 4.54. The van der Waals surface area contributed by atoms with Gasteiger partial charge in [0.2, 0.25) is 0 Å². The summed E-state index contributed by atoms with van der Waals surface area (Å²) < 4.78 is 0. The fourth-order valence-corrected chi connectivity index (χ4v) is 2.91. The van der Waals surface area contributed by atoms with E-state index < -0.39 is 0 Å². The molecule has 0 saturated heterocycles. The Bertz CT molecular complexity index is 186. The summed E-state index contributed by atoms with van der Waals surface area (Å²) in [5.41, 5.74) is 0. The van der Waals surface area contributed by atoms with Crippen LogP contribution in [0, 0.1) is 0 Å². The summed E-state index contributed by atoms with van der Waals surface area (Å²) in [6.07, 6.45) is 23.3. The predicted octanol–water partition coefficient (Wildman–Crippen LogP) is 6.22. The summed E-state index contributed by atoms with van der Waals surface area (Å²) in [5, 5.41) is 3.60. The number of hydrogen-bond donors (Lipinski definition) is 1. The Morgan fingerprint density at radius 3 is 1.40 bits per heavy atom. The molecule has 0 aromatic carbocycles. The van der Waals surface area contributed by atoms with E-state index >= 15 is 0 Å². The Kier molecular flexibility index (Phi) is 12.5. The molecule has 0 aliphatic heterocycles. The second kappa shape index (κ2) is 13.9. The standard InChI is InChI=1S/C19H39N/c1-2-3-4-5-6-7-8-9-10-11-12-13-14-15-18-20-19-16-17-19/h19-20H,2-18H2,1H3. The van der Waals surface area contributed by atoms with Crippen molar-refractivity contribution in [2.24, 2.45) is 0 Å². The van der Waals surface area contributed by atoms with E-state index in [2.05, 4.69) is 12.2 Å². The second-order valence-corrected chi connectivity index (χ2v) is 6.82. The third-order valence-corrected chi connectivity index (χ3v) is 4.54. The van der Waals surface area contributed by atoms with Gasteiger partial charge in [-0.1, -0.05) is 90.4 Å². The molecule has 0 amide bonds. The van der Waals surface area contributed by atoms with Gasteiger partial charge in [0.1, 0.15) is 0 Å². The lowest BCUT2D eigenvalue weighted by Gasteiger charge is -2.04. The molecule has 0 atom stereocenters. The van der Waals surface area contributed by atoms with E-state index in [0.717, 1.165) is 6.04 Å². The van der Waals surface area contributed by atoms with Gasteiger partial charge in [0.05, 0.1) is 0 Å². The lowest BCUT2D eigenvalue weighted by atomic mass is 10.0. The lowest BCUT2D eigenvalue weighted by molar-refractivity contribution is 0.529. The van der Waals surface area contributed by atoms with Crippen LogP contribution in [0.25, 0.3) is 0 Å². The molecule has 1 rings (SSSR count). The van der Waals surface area contributed by atoms with Crippen LogP contribution in [-0.2, 0) is 0 Å². The highest BCUT2D eigenvalue weighted by Crippen LogP contribution is 2.18. The molecule has 20 heavy (non-hydrogen) atoms. The fraction of sp³-hybridized carbons (Fsp3) is 1.00. The SMILES string of the molecule is CCCCCCCCCCCCCCCCNC1CC1. The van der Waals surface area contributed by atoms with E-state index in [-0.39, 0.29) is 0 Å². The molecule has 0 heterocycles. The van der Waals surface area contributed by atoms with Gasteiger partial charge in [-0.2, -0.15) is 0 Å². The zero-order chi connectivity index (χ0) is 14.3. The van der Waals surface area contributed by atoms with Gasteiger partial charge in [-0.25, -0.2) is 0 Å². The molecule has 0 bridgehead atoms. The maximum absolute atomic E-state index is 3.60. The molecule has 1 fully saturated rings. The van der Waals surface area contributed by atoms with Crippen molar-refractivity contribution in [1.29, 1.82) is 0 Å². The van der Waals surface area contributed by atoms with Gasteiger partial charge in [-0.05, 0) is 25.8 Å². The van der Waals surface area contributed by atoms with E-state index in [1.54, 1.807) is 0 Å². The molecular formula is C19H39N. The zero-order valence-corrected chi connectivity index (χ0v) is 14.1.